The van der Waals surface area contributed by atoms with Gasteiger partial charge in [-0.15, -0.1) is 0 Å². The van der Waals surface area contributed by atoms with Crippen molar-refractivity contribution in [3.8, 4) is 0 Å². The van der Waals surface area contributed by atoms with Gasteiger partial charge in [0.05, 0.1) is 18.8 Å². The fraction of sp³-hybridized carbons (Fsp3) is 0.367. The van der Waals surface area contributed by atoms with Crippen molar-refractivity contribution in [2.24, 2.45) is 0 Å². The van der Waals surface area contributed by atoms with Crippen LogP contribution in [0.4, 0.5) is 4.39 Å². The van der Waals surface area contributed by atoms with E-state index in [1.54, 1.807) is 12.1 Å². The molecule has 0 unspecified atom stereocenters. The second-order valence-corrected chi connectivity index (χ2v) is 9.46. The molecule has 0 aromatic heterocycles. The van der Waals surface area contributed by atoms with Crippen molar-refractivity contribution in [3.63, 3.8) is 0 Å². The summed E-state index contributed by atoms with van der Waals surface area (Å²) < 4.78 is 25.8. The Bertz CT molecular complexity index is 1150. The zero-order valence-corrected chi connectivity index (χ0v) is 20.6. The summed E-state index contributed by atoms with van der Waals surface area (Å²) in [5.41, 5.74) is 4.40. The van der Waals surface area contributed by atoms with Crippen LogP contribution in [0.5, 0.6) is 0 Å². The molecule has 1 amide bonds. The Morgan fingerprint density at radius 3 is 2.58 bits per heavy atom. The molecule has 2 aliphatic rings. The first-order valence-electron chi connectivity index (χ1n) is 12.8. The lowest BCUT2D eigenvalue weighted by molar-refractivity contribution is -0.158. The summed E-state index contributed by atoms with van der Waals surface area (Å²) in [7, 11) is 0. The van der Waals surface area contributed by atoms with Crippen molar-refractivity contribution < 1.29 is 18.7 Å². The van der Waals surface area contributed by atoms with Crippen LogP contribution < -0.4 is 5.32 Å². The molecule has 4 atom stereocenters. The van der Waals surface area contributed by atoms with Crippen molar-refractivity contribution in [2.45, 2.75) is 50.6 Å². The molecule has 0 bridgehead atoms. The van der Waals surface area contributed by atoms with E-state index in [0.29, 0.717) is 32.7 Å². The first-order chi connectivity index (χ1) is 17.6. The Morgan fingerprint density at radius 2 is 1.81 bits per heavy atom. The van der Waals surface area contributed by atoms with E-state index in [1.165, 1.54) is 23.3 Å². The quantitative estimate of drug-likeness (QED) is 0.526. The molecule has 3 aromatic rings. The number of hydrogen-bond acceptors (Lipinski definition) is 4. The van der Waals surface area contributed by atoms with Gasteiger partial charge in [0.1, 0.15) is 11.9 Å². The largest absolute Gasteiger partial charge is 0.374 e. The van der Waals surface area contributed by atoms with E-state index < -0.39 is 6.10 Å². The Kier molecular flexibility index (Phi) is 7.75. The van der Waals surface area contributed by atoms with Crippen LogP contribution in [0, 0.1) is 5.82 Å². The highest BCUT2D eigenvalue weighted by atomic mass is 19.1. The lowest BCUT2D eigenvalue weighted by Crippen LogP contribution is -2.55. The molecule has 2 heterocycles. The highest BCUT2D eigenvalue weighted by Gasteiger charge is 2.40. The number of carbonyl (C=O) groups excluding carboxylic acids is 1. The molecule has 1 saturated heterocycles. The summed E-state index contributed by atoms with van der Waals surface area (Å²) >= 11 is 0. The molecule has 3 aromatic carbocycles. The summed E-state index contributed by atoms with van der Waals surface area (Å²) in [6.45, 7) is 4.22. The summed E-state index contributed by atoms with van der Waals surface area (Å²) in [5, 5.41) is 3.61. The predicted octanol–water partition coefficient (Wildman–Crippen LogP) is 4.65. The smallest absolute Gasteiger partial charge is 0.252 e. The molecule has 0 spiro atoms. The maximum absolute atomic E-state index is 14.0. The van der Waals surface area contributed by atoms with Gasteiger partial charge >= 0.3 is 0 Å². The van der Waals surface area contributed by atoms with Crippen molar-refractivity contribution in [2.75, 3.05) is 19.8 Å². The number of rotatable bonds is 7. The van der Waals surface area contributed by atoms with Crippen molar-refractivity contribution >= 4 is 5.91 Å². The summed E-state index contributed by atoms with van der Waals surface area (Å²) in [4.78, 5) is 15.9. The van der Waals surface area contributed by atoms with Crippen LogP contribution >= 0.6 is 0 Å². The van der Waals surface area contributed by atoms with Crippen LogP contribution in [0.3, 0.4) is 0 Å². The second-order valence-electron chi connectivity index (χ2n) is 9.46. The normalized spacial score (nSPS) is 23.8. The van der Waals surface area contributed by atoms with E-state index in [9.17, 15) is 9.18 Å². The molecular formula is C30H33FN2O3. The van der Waals surface area contributed by atoms with Crippen LogP contribution in [0.25, 0.3) is 0 Å². The van der Waals surface area contributed by atoms with Crippen LogP contribution in [-0.4, -0.2) is 48.8 Å². The lowest BCUT2D eigenvalue weighted by atomic mass is 9.87. The summed E-state index contributed by atoms with van der Waals surface area (Å²) in [6.07, 6.45) is 0.634. The highest BCUT2D eigenvalue weighted by molar-refractivity contribution is 5.82. The van der Waals surface area contributed by atoms with Gasteiger partial charge in [-0.3, -0.25) is 4.79 Å². The van der Waals surface area contributed by atoms with Gasteiger partial charge in [0, 0.05) is 32.2 Å². The minimum Gasteiger partial charge on any atom is -0.374 e. The molecule has 0 aliphatic carbocycles. The van der Waals surface area contributed by atoms with E-state index in [0.717, 1.165) is 17.5 Å². The number of halogens is 1. The maximum Gasteiger partial charge on any atom is 0.252 e. The van der Waals surface area contributed by atoms with Crippen molar-refractivity contribution in [1.82, 2.24) is 10.2 Å². The van der Waals surface area contributed by atoms with Crippen LogP contribution in [0.1, 0.15) is 41.6 Å². The standard InChI is InChI=1S/C30H33FN2O3/c1-2-35-28-20-36-27(18-26(28)32-19-21-8-4-3-5-9-21)30(34)33-17-16-22-10-6-7-11-25(22)29(33)23-12-14-24(31)15-13-23/h3-15,26-29,32H,2,16-20H2,1H3/t26-,27-,28+,29+/m1/s1. The van der Waals surface area contributed by atoms with Crippen LogP contribution in [0.2, 0.25) is 0 Å². The third kappa shape index (κ3) is 5.36. The number of nitrogens with zero attached hydrogens (tertiary/aromatic N) is 1. The van der Waals surface area contributed by atoms with Gasteiger partial charge in [-0.1, -0.05) is 66.7 Å². The third-order valence-corrected chi connectivity index (χ3v) is 7.20. The monoisotopic (exact) mass is 488 g/mol. The number of fused-ring (bicyclic) bond motifs is 1. The van der Waals surface area contributed by atoms with Gasteiger partial charge in [0.25, 0.3) is 5.91 Å². The van der Waals surface area contributed by atoms with E-state index in [-0.39, 0.29) is 29.9 Å². The van der Waals surface area contributed by atoms with Crippen LogP contribution in [0.15, 0.2) is 78.9 Å². The summed E-state index contributed by atoms with van der Waals surface area (Å²) in [5.74, 6) is -0.314. The number of carbonyl (C=O) groups is 1. The minimum absolute atomic E-state index is 0.00537. The molecule has 36 heavy (non-hydrogen) atoms. The molecule has 0 saturated carbocycles. The van der Waals surface area contributed by atoms with Gasteiger partial charge in [0.15, 0.2) is 0 Å². The predicted molar refractivity (Wildman–Crippen MR) is 137 cm³/mol. The zero-order chi connectivity index (χ0) is 24.9. The molecule has 1 fully saturated rings. The summed E-state index contributed by atoms with van der Waals surface area (Å²) in [6, 6.07) is 24.6. The zero-order valence-electron chi connectivity index (χ0n) is 20.6. The van der Waals surface area contributed by atoms with Crippen molar-refractivity contribution in [3.05, 3.63) is 107 Å². The molecule has 5 nitrogen and oxygen atoms in total. The Morgan fingerprint density at radius 1 is 1.06 bits per heavy atom. The molecular weight excluding hydrogens is 455 g/mol. The second kappa shape index (κ2) is 11.3. The van der Waals surface area contributed by atoms with Gasteiger partial charge < -0.3 is 19.7 Å². The average Bonchev–Trinajstić information content (AvgIpc) is 2.93. The van der Waals surface area contributed by atoms with Gasteiger partial charge in [-0.05, 0) is 47.7 Å². The molecule has 0 radical (unpaired) electrons. The topological polar surface area (TPSA) is 50.8 Å². The minimum atomic E-state index is -0.566. The number of benzene rings is 3. The van der Waals surface area contributed by atoms with Crippen LogP contribution in [-0.2, 0) is 27.2 Å². The number of nitrogens with one attached hydrogen (secondary N) is 1. The van der Waals surface area contributed by atoms with Gasteiger partial charge in [-0.25, -0.2) is 4.39 Å². The Balaban J connectivity index is 1.37. The maximum atomic E-state index is 14.0. The molecule has 6 heteroatoms. The van der Waals surface area contributed by atoms with Gasteiger partial charge in [-0.2, -0.15) is 0 Å². The third-order valence-electron chi connectivity index (χ3n) is 7.20. The first kappa shape index (κ1) is 24.6. The SMILES string of the molecule is CCO[C@H]1CO[C@@H](C(=O)N2CCc3ccccc3[C@@H]2c2ccc(F)cc2)C[C@H]1NCc1ccccc1. The van der Waals surface area contributed by atoms with E-state index in [2.05, 4.69) is 29.6 Å². The van der Waals surface area contributed by atoms with E-state index >= 15 is 0 Å². The average molecular weight is 489 g/mol. The molecule has 1 N–H and O–H groups in total. The highest BCUT2D eigenvalue weighted by Crippen LogP contribution is 2.36. The fourth-order valence-electron chi connectivity index (χ4n) is 5.38. The van der Waals surface area contributed by atoms with Crippen molar-refractivity contribution in [1.29, 1.82) is 0 Å². The van der Waals surface area contributed by atoms with E-state index in [1.807, 2.05) is 42.2 Å². The number of ether oxygens (including phenoxy) is 2. The first-order valence-corrected chi connectivity index (χ1v) is 12.8. The fourth-order valence-corrected chi connectivity index (χ4v) is 5.38. The lowest BCUT2D eigenvalue weighted by Gasteiger charge is -2.42. The van der Waals surface area contributed by atoms with Gasteiger partial charge in [0.2, 0.25) is 0 Å². The molecule has 188 valence electrons. The Labute approximate surface area is 212 Å². The number of hydrogen-bond donors (Lipinski definition) is 1. The molecule has 2 aliphatic heterocycles. The number of amides is 1. The van der Waals surface area contributed by atoms with E-state index in [4.69, 9.17) is 9.47 Å². The molecule has 5 rings (SSSR count). The Hall–Kier alpha value is -3.06.